The Bertz CT molecular complexity index is 488. The van der Waals surface area contributed by atoms with Gasteiger partial charge in [-0.2, -0.15) is 0 Å². The van der Waals surface area contributed by atoms with E-state index in [9.17, 15) is 0 Å². The smallest absolute Gasteiger partial charge is 0.101 e. The summed E-state index contributed by atoms with van der Waals surface area (Å²) >= 11 is 0. The van der Waals surface area contributed by atoms with Gasteiger partial charge in [0.05, 0.1) is 0 Å². The number of unbranched alkanes of at least 4 members (excludes halogenated alkanes) is 24. The Kier molecular flexibility index (Phi) is 26.0. The van der Waals surface area contributed by atoms with Gasteiger partial charge in [-0.15, -0.1) is 0 Å². The zero-order chi connectivity index (χ0) is 27.4. The van der Waals surface area contributed by atoms with Crippen LogP contribution >= 0.6 is 0 Å². The number of hydrogen-bond acceptors (Lipinski definition) is 2. The number of rotatable bonds is 30. The molecule has 0 aromatic heterocycles. The van der Waals surface area contributed by atoms with Crippen molar-refractivity contribution < 1.29 is 0 Å². The molecule has 0 aliphatic carbocycles. The highest BCUT2D eigenvalue weighted by Gasteiger charge is 2.24. The second-order valence-corrected chi connectivity index (χ2v) is 12.5. The topological polar surface area (TPSA) is 6.48 Å². The molecule has 1 heterocycles. The Labute approximate surface area is 241 Å². The van der Waals surface area contributed by atoms with Gasteiger partial charge >= 0.3 is 0 Å². The van der Waals surface area contributed by atoms with Crippen molar-refractivity contribution in [3.63, 3.8) is 0 Å². The summed E-state index contributed by atoms with van der Waals surface area (Å²) in [6.45, 7) is 9.47. The van der Waals surface area contributed by atoms with Crippen molar-refractivity contribution in [2.45, 2.75) is 207 Å². The predicted molar refractivity (Wildman–Crippen MR) is 173 cm³/mol. The molecule has 1 aliphatic heterocycles. The lowest BCUT2D eigenvalue weighted by Gasteiger charge is -2.33. The van der Waals surface area contributed by atoms with Gasteiger partial charge in [-0.25, -0.2) is 0 Å². The van der Waals surface area contributed by atoms with Gasteiger partial charge in [0.1, 0.15) is 6.17 Å². The quantitative estimate of drug-likeness (QED) is 0.0848. The number of nitrogens with zero attached hydrogens (tertiary/aromatic N) is 2. The molecular formula is C36H72N2. The normalized spacial score (nSPS) is 15.3. The highest BCUT2D eigenvalue weighted by atomic mass is 15.4. The van der Waals surface area contributed by atoms with Gasteiger partial charge in [0, 0.05) is 25.5 Å². The SMILES string of the molecule is CCCCCCCCCCCCCCCCN1C=CN(CCCCCC)C1CCCCCCCCCCC. The lowest BCUT2D eigenvalue weighted by molar-refractivity contribution is 0.135. The summed E-state index contributed by atoms with van der Waals surface area (Å²) in [5, 5.41) is 0. The summed E-state index contributed by atoms with van der Waals surface area (Å²) < 4.78 is 0. The highest BCUT2D eigenvalue weighted by Crippen LogP contribution is 2.24. The van der Waals surface area contributed by atoms with Crippen molar-refractivity contribution in [3.8, 4) is 0 Å². The third kappa shape index (κ3) is 20.3. The van der Waals surface area contributed by atoms with Crippen LogP contribution < -0.4 is 0 Å². The monoisotopic (exact) mass is 533 g/mol. The van der Waals surface area contributed by atoms with Crippen LogP contribution in [0.25, 0.3) is 0 Å². The van der Waals surface area contributed by atoms with Gasteiger partial charge in [-0.3, -0.25) is 0 Å². The first-order valence-electron chi connectivity index (χ1n) is 18.0. The van der Waals surface area contributed by atoms with Crippen LogP contribution in [-0.2, 0) is 0 Å². The molecule has 1 atom stereocenters. The molecular weight excluding hydrogens is 460 g/mol. The molecule has 38 heavy (non-hydrogen) atoms. The first kappa shape index (κ1) is 35.4. The van der Waals surface area contributed by atoms with Crippen LogP contribution in [0.15, 0.2) is 12.4 Å². The summed E-state index contributed by atoms with van der Waals surface area (Å²) in [5.74, 6) is 0. The van der Waals surface area contributed by atoms with Crippen LogP contribution in [-0.4, -0.2) is 29.1 Å². The summed E-state index contributed by atoms with van der Waals surface area (Å²) in [5.41, 5.74) is 0. The molecule has 2 nitrogen and oxygen atoms in total. The molecule has 0 spiro atoms. The largest absolute Gasteiger partial charge is 0.356 e. The van der Waals surface area contributed by atoms with Crippen molar-refractivity contribution in [1.82, 2.24) is 9.80 Å². The van der Waals surface area contributed by atoms with Crippen LogP contribution in [0.3, 0.4) is 0 Å². The molecule has 0 bridgehead atoms. The lowest BCUT2D eigenvalue weighted by Crippen LogP contribution is -2.39. The zero-order valence-corrected chi connectivity index (χ0v) is 26.8. The molecule has 0 aromatic carbocycles. The second kappa shape index (κ2) is 27.9. The summed E-state index contributed by atoms with van der Waals surface area (Å²) in [6.07, 6.45) is 45.5. The molecule has 0 saturated heterocycles. The van der Waals surface area contributed by atoms with Crippen LogP contribution in [0, 0.1) is 0 Å². The maximum absolute atomic E-state index is 2.70. The maximum Gasteiger partial charge on any atom is 0.101 e. The van der Waals surface area contributed by atoms with Crippen LogP contribution in [0.1, 0.15) is 201 Å². The molecule has 0 radical (unpaired) electrons. The van der Waals surface area contributed by atoms with Gasteiger partial charge in [0.15, 0.2) is 0 Å². The van der Waals surface area contributed by atoms with E-state index in [4.69, 9.17) is 0 Å². The van der Waals surface area contributed by atoms with E-state index >= 15 is 0 Å². The van der Waals surface area contributed by atoms with Gasteiger partial charge in [0.25, 0.3) is 0 Å². The van der Waals surface area contributed by atoms with Crippen LogP contribution in [0.2, 0.25) is 0 Å². The van der Waals surface area contributed by atoms with Crippen LogP contribution in [0.4, 0.5) is 0 Å². The molecule has 0 aromatic rings. The minimum Gasteiger partial charge on any atom is -0.356 e. The van der Waals surface area contributed by atoms with Gasteiger partial charge in [-0.05, 0) is 25.7 Å². The van der Waals surface area contributed by atoms with E-state index in [1.54, 1.807) is 0 Å². The average Bonchev–Trinajstić information content (AvgIpc) is 3.31. The van der Waals surface area contributed by atoms with Gasteiger partial charge < -0.3 is 9.80 Å². The molecule has 1 unspecified atom stereocenters. The second-order valence-electron chi connectivity index (χ2n) is 12.5. The molecule has 0 saturated carbocycles. The third-order valence-electron chi connectivity index (χ3n) is 8.82. The van der Waals surface area contributed by atoms with Crippen molar-refractivity contribution >= 4 is 0 Å². The Morgan fingerprint density at radius 1 is 0.342 bits per heavy atom. The molecule has 0 fully saturated rings. The first-order chi connectivity index (χ1) is 18.8. The van der Waals surface area contributed by atoms with E-state index in [0.29, 0.717) is 6.17 Å². The maximum atomic E-state index is 2.70. The molecule has 2 heteroatoms. The van der Waals surface area contributed by atoms with E-state index in [1.165, 1.54) is 193 Å². The van der Waals surface area contributed by atoms with E-state index in [2.05, 4.69) is 43.0 Å². The fourth-order valence-corrected chi connectivity index (χ4v) is 6.19. The average molecular weight is 533 g/mol. The lowest BCUT2D eigenvalue weighted by atomic mass is 10.0. The summed E-state index contributed by atoms with van der Waals surface area (Å²) in [6, 6.07) is 0. The minimum absolute atomic E-state index is 0.642. The van der Waals surface area contributed by atoms with E-state index in [-0.39, 0.29) is 0 Å². The van der Waals surface area contributed by atoms with Crippen molar-refractivity contribution in [1.29, 1.82) is 0 Å². The molecule has 1 rings (SSSR count). The standard InChI is InChI=1S/C36H72N2/c1-4-7-10-13-15-17-18-19-20-21-23-25-27-30-33-38-35-34-37(32-29-12-9-6-3)36(38)31-28-26-24-22-16-14-11-8-5-2/h34-36H,4-33H2,1-3H3. The van der Waals surface area contributed by atoms with Gasteiger partial charge in [-0.1, -0.05) is 175 Å². The zero-order valence-electron chi connectivity index (χ0n) is 26.8. The Hall–Kier alpha value is -0.660. The molecule has 1 aliphatic rings. The van der Waals surface area contributed by atoms with E-state index in [0.717, 1.165) is 0 Å². The summed E-state index contributed by atoms with van der Waals surface area (Å²) in [4.78, 5) is 5.38. The first-order valence-corrected chi connectivity index (χ1v) is 18.0. The van der Waals surface area contributed by atoms with Crippen LogP contribution in [0.5, 0.6) is 0 Å². The molecule has 0 amide bonds. The summed E-state index contributed by atoms with van der Waals surface area (Å²) in [7, 11) is 0. The molecule has 226 valence electrons. The van der Waals surface area contributed by atoms with Crippen molar-refractivity contribution in [2.75, 3.05) is 13.1 Å². The Morgan fingerprint density at radius 2 is 0.605 bits per heavy atom. The number of hydrogen-bond donors (Lipinski definition) is 0. The fourth-order valence-electron chi connectivity index (χ4n) is 6.19. The van der Waals surface area contributed by atoms with E-state index in [1.807, 2.05) is 0 Å². The predicted octanol–water partition coefficient (Wildman–Crippen LogP) is 12.4. The van der Waals surface area contributed by atoms with E-state index < -0.39 is 0 Å². The fraction of sp³-hybridized carbons (Fsp3) is 0.944. The Morgan fingerprint density at radius 3 is 0.947 bits per heavy atom. The van der Waals surface area contributed by atoms with Crippen molar-refractivity contribution in [3.05, 3.63) is 12.4 Å². The highest BCUT2D eigenvalue weighted by molar-refractivity contribution is 4.97. The molecule has 0 N–H and O–H groups in total. The van der Waals surface area contributed by atoms with Gasteiger partial charge in [0.2, 0.25) is 0 Å². The Balaban J connectivity index is 2.13. The minimum atomic E-state index is 0.642. The third-order valence-corrected chi connectivity index (χ3v) is 8.82. The van der Waals surface area contributed by atoms with Crippen molar-refractivity contribution in [2.24, 2.45) is 0 Å².